The van der Waals surface area contributed by atoms with Gasteiger partial charge in [-0.25, -0.2) is 0 Å². The summed E-state index contributed by atoms with van der Waals surface area (Å²) in [5, 5.41) is 12.6. The Labute approximate surface area is 177 Å². The van der Waals surface area contributed by atoms with Gasteiger partial charge in [0, 0.05) is 34.9 Å². The minimum Gasteiger partial charge on any atom is -0.467 e. The molecule has 30 heavy (non-hydrogen) atoms. The third-order valence-electron chi connectivity index (χ3n) is 6.03. The maximum absolute atomic E-state index is 13.7. The molecule has 1 aliphatic rings. The minimum absolute atomic E-state index is 0.0395. The lowest BCUT2D eigenvalue weighted by atomic mass is 9.66. The van der Waals surface area contributed by atoms with Crippen molar-refractivity contribution in [3.05, 3.63) is 98.6 Å². The van der Waals surface area contributed by atoms with E-state index in [4.69, 9.17) is 9.47 Å². The van der Waals surface area contributed by atoms with Crippen LogP contribution in [0.15, 0.2) is 48.5 Å². The summed E-state index contributed by atoms with van der Waals surface area (Å²) in [5.74, 6) is 0.484. The second-order valence-electron chi connectivity index (χ2n) is 7.99. The summed E-state index contributed by atoms with van der Waals surface area (Å²) >= 11 is 0. The van der Waals surface area contributed by atoms with E-state index in [-0.39, 0.29) is 12.6 Å². The highest BCUT2D eigenvalue weighted by Crippen LogP contribution is 2.50. The number of para-hydroxylation sites is 1. The molecule has 0 spiro atoms. The molecule has 0 amide bonds. The summed E-state index contributed by atoms with van der Waals surface area (Å²) in [6.07, 6.45) is 0. The summed E-state index contributed by atoms with van der Waals surface area (Å²) in [6.45, 7) is 7.77. The van der Waals surface area contributed by atoms with Crippen LogP contribution in [-0.2, 0) is 10.3 Å². The van der Waals surface area contributed by atoms with Crippen molar-refractivity contribution in [3.63, 3.8) is 0 Å². The lowest BCUT2D eigenvalue weighted by molar-refractivity contribution is 0.0449. The molecular weight excluding hydrogens is 376 g/mol. The fourth-order valence-electron chi connectivity index (χ4n) is 4.67. The van der Waals surface area contributed by atoms with Crippen molar-refractivity contribution in [2.24, 2.45) is 0 Å². The fraction of sp³-hybridized carbons (Fsp3) is 0.269. The Balaban J connectivity index is 2.17. The Morgan fingerprint density at radius 2 is 1.30 bits per heavy atom. The summed E-state index contributed by atoms with van der Waals surface area (Å²) in [4.78, 5) is 13.7. The molecular formula is C26H26O4. The Morgan fingerprint density at radius 1 is 0.800 bits per heavy atom. The van der Waals surface area contributed by atoms with Gasteiger partial charge in [-0.2, -0.15) is 0 Å². The maximum atomic E-state index is 13.7. The lowest BCUT2D eigenvalue weighted by Crippen LogP contribution is -2.39. The van der Waals surface area contributed by atoms with E-state index in [1.54, 1.807) is 7.11 Å². The second-order valence-corrected chi connectivity index (χ2v) is 7.99. The van der Waals surface area contributed by atoms with E-state index < -0.39 is 5.60 Å². The van der Waals surface area contributed by atoms with Gasteiger partial charge in [-0.1, -0.05) is 42.5 Å². The van der Waals surface area contributed by atoms with Crippen molar-refractivity contribution in [2.45, 2.75) is 33.3 Å². The van der Waals surface area contributed by atoms with E-state index >= 15 is 0 Å². The topological polar surface area (TPSA) is 55.8 Å². The number of ketones is 1. The third-order valence-corrected chi connectivity index (χ3v) is 6.03. The van der Waals surface area contributed by atoms with Crippen molar-refractivity contribution in [2.75, 3.05) is 13.9 Å². The molecule has 3 aromatic rings. The van der Waals surface area contributed by atoms with Crippen LogP contribution in [0.1, 0.15) is 54.9 Å². The first-order chi connectivity index (χ1) is 14.3. The van der Waals surface area contributed by atoms with Crippen LogP contribution in [0.25, 0.3) is 0 Å². The first-order valence-corrected chi connectivity index (χ1v) is 10.0. The number of hydrogen-bond donors (Lipinski definition) is 1. The number of aryl methyl sites for hydroxylation is 4. The van der Waals surface area contributed by atoms with Gasteiger partial charge in [0.05, 0.1) is 0 Å². The molecule has 0 heterocycles. The number of carbonyl (C=O) groups excluding carboxylic acids is 1. The molecule has 4 heteroatoms. The molecule has 3 aromatic carbocycles. The highest BCUT2D eigenvalue weighted by Gasteiger charge is 2.48. The standard InChI is InChI=1S/C26H26O4/c1-15-10-12-17(3)23-21(15)25(27)22-16(2)11-13-18(4)24(22)26(23,28)19-8-6-7-9-20(19)30-14-29-5/h6-13,28H,14H2,1-5H3. The molecule has 0 radical (unpaired) electrons. The SMILES string of the molecule is COCOc1ccccc1C1(O)c2c(C)ccc(C)c2C(=O)c2c(C)ccc(C)c21. The van der Waals surface area contributed by atoms with Crippen LogP contribution < -0.4 is 4.74 Å². The normalized spacial score (nSPS) is 14.3. The zero-order valence-electron chi connectivity index (χ0n) is 18.0. The van der Waals surface area contributed by atoms with Gasteiger partial charge >= 0.3 is 0 Å². The highest BCUT2D eigenvalue weighted by atomic mass is 16.7. The van der Waals surface area contributed by atoms with Gasteiger partial charge in [-0.15, -0.1) is 0 Å². The molecule has 0 saturated heterocycles. The largest absolute Gasteiger partial charge is 0.467 e. The second kappa shape index (κ2) is 7.38. The molecule has 0 atom stereocenters. The van der Waals surface area contributed by atoms with Gasteiger partial charge in [0.15, 0.2) is 12.6 Å². The van der Waals surface area contributed by atoms with Crippen LogP contribution in [0.5, 0.6) is 5.75 Å². The fourth-order valence-corrected chi connectivity index (χ4v) is 4.67. The zero-order valence-corrected chi connectivity index (χ0v) is 18.0. The Kier molecular flexibility index (Phi) is 5.00. The first-order valence-electron chi connectivity index (χ1n) is 10.0. The number of methoxy groups -OCH3 is 1. The summed E-state index contributed by atoms with van der Waals surface area (Å²) in [7, 11) is 1.56. The average Bonchev–Trinajstić information content (AvgIpc) is 2.73. The Morgan fingerprint density at radius 3 is 1.83 bits per heavy atom. The number of benzene rings is 3. The first kappa shape index (κ1) is 20.3. The smallest absolute Gasteiger partial charge is 0.194 e. The monoisotopic (exact) mass is 402 g/mol. The van der Waals surface area contributed by atoms with Crippen molar-refractivity contribution in [1.82, 2.24) is 0 Å². The van der Waals surface area contributed by atoms with E-state index in [1.165, 1.54) is 0 Å². The van der Waals surface area contributed by atoms with Crippen LogP contribution in [0, 0.1) is 27.7 Å². The van der Waals surface area contributed by atoms with E-state index in [1.807, 2.05) is 76.2 Å². The molecule has 0 fully saturated rings. The van der Waals surface area contributed by atoms with Crippen molar-refractivity contribution in [1.29, 1.82) is 0 Å². The number of fused-ring (bicyclic) bond motifs is 2. The van der Waals surface area contributed by atoms with Crippen LogP contribution >= 0.6 is 0 Å². The number of ether oxygens (including phenoxy) is 2. The molecule has 1 aliphatic carbocycles. The van der Waals surface area contributed by atoms with Gasteiger partial charge in [0.1, 0.15) is 11.4 Å². The summed E-state index contributed by atoms with van der Waals surface area (Å²) in [5.41, 5.74) is 4.87. The van der Waals surface area contributed by atoms with E-state index in [2.05, 4.69) is 0 Å². The van der Waals surface area contributed by atoms with Crippen LogP contribution in [0.4, 0.5) is 0 Å². The molecule has 154 valence electrons. The predicted molar refractivity (Wildman–Crippen MR) is 116 cm³/mol. The van der Waals surface area contributed by atoms with Crippen LogP contribution in [0.3, 0.4) is 0 Å². The molecule has 0 aliphatic heterocycles. The maximum Gasteiger partial charge on any atom is 0.194 e. The van der Waals surface area contributed by atoms with Crippen LogP contribution in [-0.4, -0.2) is 24.8 Å². The van der Waals surface area contributed by atoms with Gasteiger partial charge in [-0.05, 0) is 56.0 Å². The lowest BCUT2D eigenvalue weighted by Gasteiger charge is -2.40. The summed E-state index contributed by atoms with van der Waals surface area (Å²) in [6, 6.07) is 15.2. The van der Waals surface area contributed by atoms with Gasteiger partial charge < -0.3 is 14.6 Å². The molecule has 0 saturated carbocycles. The van der Waals surface area contributed by atoms with Gasteiger partial charge in [0.25, 0.3) is 0 Å². The number of carbonyl (C=O) groups is 1. The average molecular weight is 402 g/mol. The minimum atomic E-state index is -1.53. The summed E-state index contributed by atoms with van der Waals surface area (Å²) < 4.78 is 10.9. The predicted octanol–water partition coefficient (Wildman–Crippen LogP) is 4.73. The third kappa shape index (κ3) is 2.79. The molecule has 4 nitrogen and oxygen atoms in total. The van der Waals surface area contributed by atoms with Crippen molar-refractivity contribution in [3.8, 4) is 5.75 Å². The Bertz CT molecular complexity index is 1100. The van der Waals surface area contributed by atoms with Crippen molar-refractivity contribution >= 4 is 5.78 Å². The zero-order chi connectivity index (χ0) is 21.6. The number of aliphatic hydroxyl groups is 1. The van der Waals surface area contributed by atoms with E-state index in [0.29, 0.717) is 33.6 Å². The Hall–Kier alpha value is -2.95. The highest BCUT2D eigenvalue weighted by molar-refractivity contribution is 6.15. The van der Waals surface area contributed by atoms with Gasteiger partial charge in [-0.3, -0.25) is 4.79 Å². The molecule has 0 bridgehead atoms. The van der Waals surface area contributed by atoms with Crippen molar-refractivity contribution < 1.29 is 19.4 Å². The molecule has 0 unspecified atom stereocenters. The van der Waals surface area contributed by atoms with E-state index in [9.17, 15) is 9.90 Å². The quantitative estimate of drug-likeness (QED) is 0.641. The van der Waals surface area contributed by atoms with Gasteiger partial charge in [0.2, 0.25) is 0 Å². The molecule has 1 N–H and O–H groups in total. The molecule has 0 aromatic heterocycles. The molecule has 4 rings (SSSR count). The number of rotatable bonds is 4. The number of hydrogen-bond acceptors (Lipinski definition) is 4. The van der Waals surface area contributed by atoms with Crippen LogP contribution in [0.2, 0.25) is 0 Å². The van der Waals surface area contributed by atoms with E-state index in [0.717, 1.165) is 22.3 Å².